The van der Waals surface area contributed by atoms with E-state index in [-0.39, 0.29) is 0 Å². The van der Waals surface area contributed by atoms with Crippen LogP contribution in [0.1, 0.15) is 31.9 Å². The van der Waals surface area contributed by atoms with Crippen molar-refractivity contribution in [2.75, 3.05) is 0 Å². The Bertz CT molecular complexity index is 498. The molecule has 2 atom stereocenters. The number of halogens is 2. The Morgan fingerprint density at radius 3 is 2.72 bits per heavy atom. The first-order valence-electron chi connectivity index (χ1n) is 5.72. The molecule has 0 radical (unpaired) electrons. The molecular weight excluding hydrogens is 317 g/mol. The van der Waals surface area contributed by atoms with Gasteiger partial charge >= 0.3 is 0 Å². The fourth-order valence-corrected chi connectivity index (χ4v) is 2.85. The summed E-state index contributed by atoms with van der Waals surface area (Å²) in [5.41, 5.74) is 2.02. The van der Waals surface area contributed by atoms with Gasteiger partial charge in [0.1, 0.15) is 21.8 Å². The first-order valence-corrected chi connectivity index (χ1v) is 7.62. The molecule has 0 spiro atoms. The third kappa shape index (κ3) is 2.78. The highest BCUT2D eigenvalue weighted by Crippen LogP contribution is 2.30. The lowest BCUT2D eigenvalue weighted by Gasteiger charge is -2.19. The minimum absolute atomic E-state index is 0.314. The molecule has 1 aromatic carbocycles. The second-order valence-electron chi connectivity index (χ2n) is 5.31. The van der Waals surface area contributed by atoms with Crippen LogP contribution in [0.3, 0.4) is 0 Å². The van der Waals surface area contributed by atoms with Crippen molar-refractivity contribution < 1.29 is 8.94 Å². The van der Waals surface area contributed by atoms with Crippen LogP contribution in [-0.4, -0.2) is 21.2 Å². The maximum Gasteiger partial charge on any atom is 0.151 e. The molecule has 0 aliphatic heterocycles. The smallest absolute Gasteiger partial charge is 0.151 e. The van der Waals surface area contributed by atoms with Gasteiger partial charge in [0.25, 0.3) is 0 Å². The van der Waals surface area contributed by atoms with Crippen LogP contribution in [0, 0.1) is 0 Å². The summed E-state index contributed by atoms with van der Waals surface area (Å²) in [6.45, 7) is 5.49. The molecule has 1 aliphatic carbocycles. The van der Waals surface area contributed by atoms with E-state index in [0.29, 0.717) is 12.1 Å². The van der Waals surface area contributed by atoms with Crippen LogP contribution in [0.2, 0.25) is 0 Å². The van der Waals surface area contributed by atoms with Crippen molar-refractivity contribution in [3.63, 3.8) is 0 Å². The molecule has 0 fully saturated rings. The maximum absolute atomic E-state index is 14.0. The number of benzene rings is 1. The monoisotopic (exact) mass is 331 g/mol. The molecule has 18 heavy (non-hydrogen) atoms. The van der Waals surface area contributed by atoms with Gasteiger partial charge in [-0.05, 0) is 38.5 Å². The number of alkyl halides is 1. The molecule has 2 nitrogen and oxygen atoms in total. The zero-order valence-electron chi connectivity index (χ0n) is 10.5. The number of fused-ring (bicyclic) bond motifs is 1. The minimum atomic E-state index is -1.42. The summed E-state index contributed by atoms with van der Waals surface area (Å²) in [5, 5.41) is 0. The molecule has 98 valence electrons. The lowest BCUT2D eigenvalue weighted by atomic mass is 10.1. The second kappa shape index (κ2) is 4.94. The van der Waals surface area contributed by atoms with Gasteiger partial charge in [-0.15, -0.1) is 0 Å². The van der Waals surface area contributed by atoms with Crippen molar-refractivity contribution in [3.05, 3.63) is 33.8 Å². The van der Waals surface area contributed by atoms with Gasteiger partial charge in [-0.2, -0.15) is 0 Å². The van der Waals surface area contributed by atoms with E-state index in [1.165, 1.54) is 0 Å². The van der Waals surface area contributed by atoms with Crippen molar-refractivity contribution in [2.24, 2.45) is 4.40 Å². The average Bonchev–Trinajstić information content (AvgIpc) is 2.53. The Morgan fingerprint density at radius 1 is 1.44 bits per heavy atom. The molecule has 0 N–H and O–H groups in total. The second-order valence-corrected chi connectivity index (χ2v) is 8.13. The molecule has 1 unspecified atom stereocenters. The van der Waals surface area contributed by atoms with Gasteiger partial charge in [0, 0.05) is 16.5 Å². The average molecular weight is 332 g/mol. The molecule has 2 rings (SSSR count). The molecule has 0 aromatic heterocycles. The van der Waals surface area contributed by atoms with E-state index < -0.39 is 22.3 Å². The lowest BCUT2D eigenvalue weighted by Crippen LogP contribution is -2.28. The summed E-state index contributed by atoms with van der Waals surface area (Å²) >= 11 is 1.94. The van der Waals surface area contributed by atoms with E-state index in [2.05, 4.69) is 20.3 Å². The minimum Gasteiger partial charge on any atom is -0.591 e. The molecule has 5 heteroatoms. The molecule has 1 aliphatic rings. The van der Waals surface area contributed by atoms with E-state index in [4.69, 9.17) is 0 Å². The van der Waals surface area contributed by atoms with Gasteiger partial charge in [-0.3, -0.25) is 0 Å². The lowest BCUT2D eigenvalue weighted by molar-refractivity contribution is 0.432. The molecule has 0 saturated carbocycles. The van der Waals surface area contributed by atoms with Crippen LogP contribution in [-0.2, 0) is 17.8 Å². The number of nitrogens with zero attached hydrogens (tertiary/aromatic N) is 1. The first kappa shape index (κ1) is 14.0. The third-order valence-electron chi connectivity index (χ3n) is 2.74. The van der Waals surface area contributed by atoms with E-state index in [1.807, 2.05) is 39.0 Å². The van der Waals surface area contributed by atoms with Crippen molar-refractivity contribution in [1.82, 2.24) is 0 Å². The Kier molecular flexibility index (Phi) is 3.85. The summed E-state index contributed by atoms with van der Waals surface area (Å²) in [7, 11) is 0. The van der Waals surface area contributed by atoms with Gasteiger partial charge in [0.2, 0.25) is 0 Å². The number of rotatable bonds is 1. The standard InChI is InChI=1S/C13H15BrFNOS/c1-13(2,3)18(17)16-12-10-5-4-9(14)6-8(10)7-11(12)15/h4-6,11H,7H2,1-3H3/t11?,18-/m0/s1. The highest BCUT2D eigenvalue weighted by Gasteiger charge is 2.34. The van der Waals surface area contributed by atoms with E-state index in [0.717, 1.165) is 15.6 Å². The van der Waals surface area contributed by atoms with Gasteiger partial charge < -0.3 is 4.55 Å². The number of hydrogen-bond donors (Lipinski definition) is 0. The van der Waals surface area contributed by atoms with E-state index in [1.54, 1.807) is 0 Å². The van der Waals surface area contributed by atoms with Crippen molar-refractivity contribution >= 4 is 33.0 Å². The van der Waals surface area contributed by atoms with Gasteiger partial charge in [-0.25, -0.2) is 4.39 Å². The zero-order chi connectivity index (χ0) is 13.5. The summed E-state index contributed by atoms with van der Waals surface area (Å²) < 4.78 is 30.5. The maximum atomic E-state index is 14.0. The Morgan fingerprint density at radius 2 is 2.11 bits per heavy atom. The predicted molar refractivity (Wildman–Crippen MR) is 77.2 cm³/mol. The molecule has 0 heterocycles. The Labute approximate surface area is 118 Å². The van der Waals surface area contributed by atoms with Crippen LogP contribution < -0.4 is 0 Å². The topological polar surface area (TPSA) is 35.4 Å². The van der Waals surface area contributed by atoms with E-state index >= 15 is 0 Å². The zero-order valence-corrected chi connectivity index (χ0v) is 12.9. The fraction of sp³-hybridized carbons (Fsp3) is 0.462. The van der Waals surface area contributed by atoms with Gasteiger partial charge in [-0.1, -0.05) is 26.4 Å². The van der Waals surface area contributed by atoms with Gasteiger partial charge in [0.15, 0.2) is 6.17 Å². The summed E-state index contributed by atoms with van der Waals surface area (Å²) in [5.74, 6) is 0. The summed E-state index contributed by atoms with van der Waals surface area (Å²) in [4.78, 5) is 0. The van der Waals surface area contributed by atoms with Crippen LogP contribution in [0.5, 0.6) is 0 Å². The number of hydrogen-bond acceptors (Lipinski definition) is 2. The van der Waals surface area contributed by atoms with Gasteiger partial charge in [0.05, 0.1) is 0 Å². The molecule has 0 amide bonds. The highest BCUT2D eigenvalue weighted by molar-refractivity contribution is 9.10. The summed E-state index contributed by atoms with van der Waals surface area (Å²) in [6, 6.07) is 5.58. The van der Waals surface area contributed by atoms with Crippen LogP contribution >= 0.6 is 15.9 Å². The molecule has 0 bridgehead atoms. The van der Waals surface area contributed by atoms with Crippen LogP contribution in [0.25, 0.3) is 0 Å². The largest absolute Gasteiger partial charge is 0.591 e. The summed E-state index contributed by atoms with van der Waals surface area (Å²) in [6.07, 6.45) is -0.838. The van der Waals surface area contributed by atoms with Crippen molar-refractivity contribution in [2.45, 2.75) is 38.1 Å². The van der Waals surface area contributed by atoms with Crippen LogP contribution in [0.15, 0.2) is 27.1 Å². The van der Waals surface area contributed by atoms with Crippen molar-refractivity contribution in [1.29, 1.82) is 0 Å². The molecule has 1 aromatic rings. The van der Waals surface area contributed by atoms with Crippen molar-refractivity contribution in [3.8, 4) is 0 Å². The Hall–Kier alpha value is -0.390. The predicted octanol–water partition coefficient (Wildman–Crippen LogP) is 3.59. The first-order chi connectivity index (χ1) is 8.29. The molecule has 0 saturated heterocycles. The third-order valence-corrected chi connectivity index (χ3v) is 4.65. The molecular formula is C13H15BrFNOS. The van der Waals surface area contributed by atoms with E-state index in [9.17, 15) is 8.94 Å². The SMILES string of the molecule is CC(C)(C)[S@+]([O-])N=C1c2ccc(Br)cc2CC1F. The fourth-order valence-electron chi connectivity index (χ4n) is 1.77. The Balaban J connectivity index is 2.39. The highest BCUT2D eigenvalue weighted by atomic mass is 79.9. The van der Waals surface area contributed by atoms with Crippen LogP contribution in [0.4, 0.5) is 4.39 Å². The quantitative estimate of drug-likeness (QED) is 0.724. The normalized spacial score (nSPS) is 23.2.